The van der Waals surface area contributed by atoms with Crippen molar-refractivity contribution in [3.8, 4) is 5.75 Å². The van der Waals surface area contributed by atoms with Crippen LogP contribution in [0.25, 0.3) is 0 Å². The van der Waals surface area contributed by atoms with Crippen molar-refractivity contribution in [2.24, 2.45) is 0 Å². The van der Waals surface area contributed by atoms with Gasteiger partial charge in [-0.1, -0.05) is 12.1 Å². The Morgan fingerprint density at radius 3 is 2.44 bits per heavy atom. The molecule has 0 saturated carbocycles. The van der Waals surface area contributed by atoms with Crippen LogP contribution in [0.15, 0.2) is 59.6 Å². The van der Waals surface area contributed by atoms with Gasteiger partial charge in [0, 0.05) is 42.8 Å². The van der Waals surface area contributed by atoms with Gasteiger partial charge in [0.25, 0.3) is 0 Å². The third-order valence-corrected chi connectivity index (χ3v) is 7.46. The van der Waals surface area contributed by atoms with Crippen LogP contribution < -0.4 is 25.0 Å². The van der Waals surface area contributed by atoms with Crippen LogP contribution in [0.2, 0.25) is 0 Å². The number of pyridine rings is 1. The van der Waals surface area contributed by atoms with Crippen molar-refractivity contribution in [1.29, 1.82) is 0 Å². The number of hydrogen-bond donors (Lipinski definition) is 3. The second-order valence-electron chi connectivity index (χ2n) is 8.27. The van der Waals surface area contributed by atoms with Crippen LogP contribution in [0.1, 0.15) is 24.8 Å². The Bertz CT molecular complexity index is 1260. The number of rotatable bonds is 8. The van der Waals surface area contributed by atoms with Crippen molar-refractivity contribution in [3.63, 3.8) is 0 Å². The van der Waals surface area contributed by atoms with Crippen molar-refractivity contribution in [2.45, 2.75) is 31.1 Å². The molecule has 0 amide bonds. The van der Waals surface area contributed by atoms with E-state index in [1.54, 1.807) is 37.6 Å². The van der Waals surface area contributed by atoms with E-state index in [1.165, 1.54) is 26.3 Å². The van der Waals surface area contributed by atoms with E-state index in [2.05, 4.69) is 37.4 Å². The SMILES string of the molecule is CNS(=O)(=O)c1ccccc1Nc1cc(Nc2ccc(N3CCCCC3)cc2OC)ncc1C. The average molecular weight is 482 g/mol. The fourth-order valence-corrected chi connectivity index (χ4v) is 4.94. The number of nitrogens with zero attached hydrogens (tertiary/aromatic N) is 2. The zero-order valence-electron chi connectivity index (χ0n) is 19.8. The molecule has 1 fully saturated rings. The molecule has 2 aromatic carbocycles. The Morgan fingerprint density at radius 1 is 0.941 bits per heavy atom. The van der Waals surface area contributed by atoms with Gasteiger partial charge in [-0.2, -0.15) is 0 Å². The molecule has 180 valence electrons. The van der Waals surface area contributed by atoms with E-state index >= 15 is 0 Å². The smallest absolute Gasteiger partial charge is 0.242 e. The molecule has 1 aliphatic heterocycles. The number of methoxy groups -OCH3 is 1. The number of aromatic nitrogens is 1. The van der Waals surface area contributed by atoms with Gasteiger partial charge in [0.2, 0.25) is 10.0 Å². The molecule has 0 bridgehead atoms. The molecule has 8 nitrogen and oxygen atoms in total. The highest BCUT2D eigenvalue weighted by Crippen LogP contribution is 2.34. The van der Waals surface area contributed by atoms with E-state index in [-0.39, 0.29) is 4.90 Å². The number of nitrogens with one attached hydrogen (secondary N) is 3. The zero-order valence-corrected chi connectivity index (χ0v) is 20.6. The largest absolute Gasteiger partial charge is 0.494 e. The summed E-state index contributed by atoms with van der Waals surface area (Å²) in [4.78, 5) is 7.07. The Morgan fingerprint density at radius 2 is 1.71 bits per heavy atom. The van der Waals surface area contributed by atoms with Crippen molar-refractivity contribution in [3.05, 3.63) is 60.3 Å². The lowest BCUT2D eigenvalue weighted by atomic mass is 10.1. The molecule has 0 atom stereocenters. The fraction of sp³-hybridized carbons (Fsp3) is 0.320. The summed E-state index contributed by atoms with van der Waals surface area (Å²) in [5.74, 6) is 1.36. The number of benzene rings is 2. The van der Waals surface area contributed by atoms with Crippen LogP contribution >= 0.6 is 0 Å². The number of piperidine rings is 1. The Labute approximate surface area is 201 Å². The number of ether oxygens (including phenoxy) is 1. The molecule has 0 spiro atoms. The minimum atomic E-state index is -3.61. The summed E-state index contributed by atoms with van der Waals surface area (Å²) in [6.45, 7) is 4.05. The molecule has 4 rings (SSSR count). The summed E-state index contributed by atoms with van der Waals surface area (Å²) >= 11 is 0. The summed E-state index contributed by atoms with van der Waals surface area (Å²) in [7, 11) is -0.547. The topological polar surface area (TPSA) is 95.6 Å². The normalized spacial score (nSPS) is 14.0. The number of para-hydroxylation sites is 1. The summed E-state index contributed by atoms with van der Waals surface area (Å²) in [6.07, 6.45) is 5.46. The number of aryl methyl sites for hydroxylation is 1. The number of sulfonamides is 1. The predicted octanol–water partition coefficient (Wildman–Crippen LogP) is 4.78. The van der Waals surface area contributed by atoms with E-state index in [4.69, 9.17) is 4.74 Å². The summed E-state index contributed by atoms with van der Waals surface area (Å²) in [5, 5.41) is 6.59. The highest BCUT2D eigenvalue weighted by molar-refractivity contribution is 7.89. The van der Waals surface area contributed by atoms with Crippen molar-refractivity contribution in [1.82, 2.24) is 9.71 Å². The van der Waals surface area contributed by atoms with Gasteiger partial charge < -0.3 is 20.3 Å². The maximum atomic E-state index is 12.4. The molecule has 9 heteroatoms. The van der Waals surface area contributed by atoms with E-state index in [0.717, 1.165) is 41.5 Å². The molecule has 0 unspecified atom stereocenters. The molecule has 0 aliphatic carbocycles. The van der Waals surface area contributed by atoms with Crippen LogP contribution in [0.3, 0.4) is 0 Å². The van der Waals surface area contributed by atoms with E-state index in [1.807, 2.05) is 19.1 Å². The van der Waals surface area contributed by atoms with Crippen molar-refractivity contribution in [2.75, 3.05) is 42.8 Å². The van der Waals surface area contributed by atoms with Gasteiger partial charge in [0.1, 0.15) is 16.5 Å². The first kappa shape index (κ1) is 23.8. The molecule has 2 heterocycles. The van der Waals surface area contributed by atoms with Gasteiger partial charge in [0.05, 0.1) is 18.5 Å². The molecular formula is C25H31N5O3S. The van der Waals surface area contributed by atoms with E-state index in [0.29, 0.717) is 11.5 Å². The van der Waals surface area contributed by atoms with Crippen LogP contribution in [0.4, 0.5) is 28.6 Å². The van der Waals surface area contributed by atoms with Gasteiger partial charge in [-0.05, 0) is 63.1 Å². The predicted molar refractivity (Wildman–Crippen MR) is 137 cm³/mol. The molecule has 1 aliphatic rings. The fourth-order valence-electron chi connectivity index (χ4n) is 4.06. The molecule has 3 aromatic rings. The third kappa shape index (κ3) is 5.26. The average Bonchev–Trinajstić information content (AvgIpc) is 2.87. The van der Waals surface area contributed by atoms with Gasteiger partial charge in [-0.25, -0.2) is 18.1 Å². The van der Waals surface area contributed by atoms with Crippen molar-refractivity contribution < 1.29 is 13.2 Å². The first-order valence-electron chi connectivity index (χ1n) is 11.4. The molecule has 34 heavy (non-hydrogen) atoms. The van der Waals surface area contributed by atoms with Crippen LogP contribution in [0.5, 0.6) is 5.75 Å². The second-order valence-corrected chi connectivity index (χ2v) is 10.1. The van der Waals surface area contributed by atoms with Crippen LogP contribution in [0, 0.1) is 6.92 Å². The zero-order chi connectivity index (χ0) is 24.1. The molecule has 3 N–H and O–H groups in total. The number of hydrogen-bond acceptors (Lipinski definition) is 7. The monoisotopic (exact) mass is 481 g/mol. The van der Waals surface area contributed by atoms with Gasteiger partial charge in [0.15, 0.2) is 0 Å². The lowest BCUT2D eigenvalue weighted by molar-refractivity contribution is 0.416. The lowest BCUT2D eigenvalue weighted by Crippen LogP contribution is -2.29. The quantitative estimate of drug-likeness (QED) is 0.426. The van der Waals surface area contributed by atoms with Crippen LogP contribution in [-0.4, -0.2) is 40.6 Å². The Balaban J connectivity index is 1.59. The summed E-state index contributed by atoms with van der Waals surface area (Å²) < 4.78 is 32.9. The van der Waals surface area contributed by atoms with E-state index < -0.39 is 10.0 Å². The molecule has 1 aromatic heterocycles. The van der Waals surface area contributed by atoms with Gasteiger partial charge in [-0.3, -0.25) is 0 Å². The molecular weight excluding hydrogens is 450 g/mol. The van der Waals surface area contributed by atoms with Crippen molar-refractivity contribution >= 4 is 38.6 Å². The van der Waals surface area contributed by atoms with E-state index in [9.17, 15) is 8.42 Å². The van der Waals surface area contributed by atoms with Gasteiger partial charge in [-0.15, -0.1) is 0 Å². The standard InChI is InChI=1S/C25H31N5O3S/c1-18-17-27-25(16-22(18)28-21-9-5-6-10-24(21)34(31,32)26-2)29-20-12-11-19(15-23(20)33-3)30-13-7-4-8-14-30/h5-6,9-12,15-17,26H,4,7-8,13-14H2,1-3H3,(H2,27,28,29). The molecule has 0 radical (unpaired) electrons. The molecule has 1 saturated heterocycles. The minimum absolute atomic E-state index is 0.179. The first-order valence-corrected chi connectivity index (χ1v) is 12.9. The first-order chi connectivity index (χ1) is 16.4. The second kappa shape index (κ2) is 10.3. The number of anilines is 5. The van der Waals surface area contributed by atoms with Crippen LogP contribution in [-0.2, 0) is 10.0 Å². The maximum Gasteiger partial charge on any atom is 0.242 e. The lowest BCUT2D eigenvalue weighted by Gasteiger charge is -2.29. The highest BCUT2D eigenvalue weighted by atomic mass is 32.2. The van der Waals surface area contributed by atoms with Gasteiger partial charge >= 0.3 is 0 Å². The summed E-state index contributed by atoms with van der Waals surface area (Å²) in [6, 6.07) is 14.8. The Hall–Kier alpha value is -3.30. The maximum absolute atomic E-state index is 12.4. The minimum Gasteiger partial charge on any atom is -0.494 e. The Kier molecular flexibility index (Phi) is 7.23. The summed E-state index contributed by atoms with van der Waals surface area (Å²) in [5.41, 5.74) is 4.09. The highest BCUT2D eigenvalue weighted by Gasteiger charge is 2.17. The third-order valence-electron chi connectivity index (χ3n) is 5.99.